The van der Waals surface area contributed by atoms with Gasteiger partial charge in [-0.1, -0.05) is 11.8 Å². The number of amides is 1. The molecule has 2 aromatic rings. The molecule has 0 unspecified atom stereocenters. The minimum absolute atomic E-state index is 0.0330. The van der Waals surface area contributed by atoms with Crippen molar-refractivity contribution in [1.29, 1.82) is 0 Å². The molecule has 6 nitrogen and oxygen atoms in total. The van der Waals surface area contributed by atoms with E-state index < -0.39 is 11.4 Å². The highest BCUT2D eigenvalue weighted by Crippen LogP contribution is 2.22. The smallest absolute Gasteiger partial charge is 0.410 e. The van der Waals surface area contributed by atoms with Crippen molar-refractivity contribution in [1.82, 2.24) is 9.88 Å². The second-order valence-corrected chi connectivity index (χ2v) is 7.97. The van der Waals surface area contributed by atoms with Gasteiger partial charge in [0.2, 0.25) is 0 Å². The zero-order valence-electron chi connectivity index (χ0n) is 17.6. The third-order valence-electron chi connectivity index (χ3n) is 4.39. The number of carbonyl (C=O) groups excluding carboxylic acids is 1. The van der Waals surface area contributed by atoms with E-state index in [1.165, 1.54) is 19.2 Å². The van der Waals surface area contributed by atoms with Gasteiger partial charge < -0.3 is 19.1 Å². The molecule has 0 N–H and O–H groups in total. The van der Waals surface area contributed by atoms with E-state index in [-0.39, 0.29) is 12.1 Å². The van der Waals surface area contributed by atoms with Gasteiger partial charge in [0.15, 0.2) is 0 Å². The summed E-state index contributed by atoms with van der Waals surface area (Å²) in [6.07, 6.45) is 3.72. The molecular formula is C23H25FN2O4. The van der Waals surface area contributed by atoms with E-state index in [9.17, 15) is 9.18 Å². The standard InChI is InChI=1S/C23H25FN2O4/c1-23(2,3)30-22(27)26-8-7-19(26)15-29-21-11-17(13-25-14-21)6-5-16-9-18(24)12-20(10-16)28-4/h9-14,19H,7-8,15H2,1-4H3/t19-/m0/s1. The number of pyridine rings is 1. The number of benzene rings is 1. The highest BCUT2D eigenvalue weighted by Gasteiger charge is 2.35. The fourth-order valence-electron chi connectivity index (χ4n) is 2.83. The summed E-state index contributed by atoms with van der Waals surface area (Å²) in [7, 11) is 1.47. The normalized spacial score (nSPS) is 15.5. The van der Waals surface area contributed by atoms with E-state index in [0.717, 1.165) is 6.42 Å². The van der Waals surface area contributed by atoms with E-state index in [1.807, 2.05) is 20.8 Å². The highest BCUT2D eigenvalue weighted by molar-refractivity contribution is 5.69. The van der Waals surface area contributed by atoms with Crippen LogP contribution in [0, 0.1) is 17.7 Å². The maximum atomic E-state index is 13.6. The highest BCUT2D eigenvalue weighted by atomic mass is 19.1. The largest absolute Gasteiger partial charge is 0.497 e. The van der Waals surface area contributed by atoms with Crippen molar-refractivity contribution in [2.75, 3.05) is 20.3 Å². The van der Waals surface area contributed by atoms with Gasteiger partial charge in [0.25, 0.3) is 0 Å². The van der Waals surface area contributed by atoms with Crippen molar-refractivity contribution in [2.24, 2.45) is 0 Å². The lowest BCUT2D eigenvalue weighted by Gasteiger charge is -2.40. The summed E-state index contributed by atoms with van der Waals surface area (Å²) < 4.78 is 29.9. The van der Waals surface area contributed by atoms with Crippen LogP contribution in [0.1, 0.15) is 38.3 Å². The fourth-order valence-corrected chi connectivity index (χ4v) is 2.83. The molecule has 0 radical (unpaired) electrons. The molecular weight excluding hydrogens is 387 g/mol. The molecule has 1 aliphatic heterocycles. The molecule has 0 bridgehead atoms. The lowest BCUT2D eigenvalue weighted by molar-refractivity contribution is -0.0141. The fraction of sp³-hybridized carbons (Fsp3) is 0.391. The van der Waals surface area contributed by atoms with Gasteiger partial charge in [-0.15, -0.1) is 0 Å². The Morgan fingerprint density at radius 1 is 1.17 bits per heavy atom. The molecule has 1 saturated heterocycles. The van der Waals surface area contributed by atoms with Gasteiger partial charge in [0, 0.05) is 29.9 Å². The van der Waals surface area contributed by atoms with Gasteiger partial charge in [0.05, 0.1) is 19.3 Å². The number of likely N-dealkylation sites (tertiary alicyclic amines) is 1. The summed E-state index contributed by atoms with van der Waals surface area (Å²) in [5, 5.41) is 0. The average molecular weight is 412 g/mol. The molecule has 1 aliphatic rings. The van der Waals surface area contributed by atoms with Crippen LogP contribution in [0.3, 0.4) is 0 Å². The van der Waals surface area contributed by atoms with Gasteiger partial charge in [0.1, 0.15) is 29.5 Å². The van der Waals surface area contributed by atoms with Crippen LogP contribution in [0.25, 0.3) is 0 Å². The minimum Gasteiger partial charge on any atom is -0.497 e. The molecule has 1 atom stereocenters. The first kappa shape index (κ1) is 21.4. The molecule has 0 spiro atoms. The first-order valence-electron chi connectivity index (χ1n) is 9.67. The Kier molecular flexibility index (Phi) is 6.46. The van der Waals surface area contributed by atoms with E-state index >= 15 is 0 Å². The van der Waals surface area contributed by atoms with Crippen LogP contribution in [0.5, 0.6) is 11.5 Å². The molecule has 1 aromatic carbocycles. The van der Waals surface area contributed by atoms with Gasteiger partial charge in [-0.25, -0.2) is 9.18 Å². The third-order valence-corrected chi connectivity index (χ3v) is 4.39. The summed E-state index contributed by atoms with van der Waals surface area (Å²) in [6, 6.07) is 6.01. The number of hydrogen-bond acceptors (Lipinski definition) is 5. The zero-order chi connectivity index (χ0) is 21.7. The molecule has 2 heterocycles. The average Bonchev–Trinajstić information content (AvgIpc) is 2.64. The predicted molar refractivity (Wildman–Crippen MR) is 110 cm³/mol. The Hall–Kier alpha value is -3.27. The number of aromatic nitrogens is 1. The summed E-state index contributed by atoms with van der Waals surface area (Å²) in [4.78, 5) is 18.0. The molecule has 0 saturated carbocycles. The Morgan fingerprint density at radius 3 is 2.57 bits per heavy atom. The number of methoxy groups -OCH3 is 1. The summed E-state index contributed by atoms with van der Waals surface area (Å²) in [6.45, 7) is 6.53. The van der Waals surface area contributed by atoms with E-state index in [2.05, 4.69) is 16.8 Å². The molecule has 0 aliphatic carbocycles. The monoisotopic (exact) mass is 412 g/mol. The number of hydrogen-bond donors (Lipinski definition) is 0. The second kappa shape index (κ2) is 9.04. The van der Waals surface area contributed by atoms with Gasteiger partial charge in [-0.05, 0) is 45.4 Å². The van der Waals surface area contributed by atoms with Crippen molar-refractivity contribution < 1.29 is 23.4 Å². The molecule has 1 amide bonds. The third kappa shape index (κ3) is 5.86. The van der Waals surface area contributed by atoms with Crippen LogP contribution in [-0.4, -0.2) is 47.9 Å². The van der Waals surface area contributed by atoms with Crippen LogP contribution in [0.2, 0.25) is 0 Å². The van der Waals surface area contributed by atoms with Crippen molar-refractivity contribution in [3.63, 3.8) is 0 Å². The number of carbonyl (C=O) groups is 1. The van der Waals surface area contributed by atoms with Crippen molar-refractivity contribution in [3.8, 4) is 23.3 Å². The molecule has 3 rings (SSSR count). The van der Waals surface area contributed by atoms with Gasteiger partial charge in [-0.3, -0.25) is 4.98 Å². The van der Waals surface area contributed by atoms with Crippen LogP contribution < -0.4 is 9.47 Å². The minimum atomic E-state index is -0.527. The molecule has 1 fully saturated rings. The Bertz CT molecular complexity index is 975. The van der Waals surface area contributed by atoms with Crippen LogP contribution in [0.15, 0.2) is 36.7 Å². The summed E-state index contributed by atoms with van der Waals surface area (Å²) in [5.74, 6) is 6.39. The van der Waals surface area contributed by atoms with E-state index in [0.29, 0.717) is 35.8 Å². The van der Waals surface area contributed by atoms with Crippen molar-refractivity contribution >= 4 is 6.09 Å². The predicted octanol–water partition coefficient (Wildman–Crippen LogP) is 4.02. The zero-order valence-corrected chi connectivity index (χ0v) is 17.6. The SMILES string of the molecule is COc1cc(F)cc(C#Cc2cncc(OC[C@@H]3CCN3C(=O)OC(C)(C)C)c2)c1. The number of halogens is 1. The molecule has 1 aromatic heterocycles. The molecule has 7 heteroatoms. The molecule has 158 valence electrons. The second-order valence-electron chi connectivity index (χ2n) is 7.97. The number of nitrogens with zero attached hydrogens (tertiary/aromatic N) is 2. The lowest BCUT2D eigenvalue weighted by Crippen LogP contribution is -2.55. The van der Waals surface area contributed by atoms with Crippen molar-refractivity contribution in [3.05, 3.63) is 53.6 Å². The van der Waals surface area contributed by atoms with E-state index in [1.54, 1.807) is 29.4 Å². The van der Waals surface area contributed by atoms with Crippen molar-refractivity contribution in [2.45, 2.75) is 38.8 Å². The van der Waals surface area contributed by atoms with Gasteiger partial charge >= 0.3 is 6.09 Å². The van der Waals surface area contributed by atoms with Crippen LogP contribution in [-0.2, 0) is 4.74 Å². The quantitative estimate of drug-likeness (QED) is 0.710. The topological polar surface area (TPSA) is 60.9 Å². The van der Waals surface area contributed by atoms with E-state index in [4.69, 9.17) is 14.2 Å². The number of ether oxygens (including phenoxy) is 3. The number of rotatable bonds is 4. The first-order chi connectivity index (χ1) is 14.2. The maximum absolute atomic E-state index is 13.6. The Morgan fingerprint density at radius 2 is 1.90 bits per heavy atom. The first-order valence-corrected chi connectivity index (χ1v) is 9.67. The Balaban J connectivity index is 1.60. The molecule has 30 heavy (non-hydrogen) atoms. The van der Waals surface area contributed by atoms with Crippen LogP contribution in [0.4, 0.5) is 9.18 Å². The lowest BCUT2D eigenvalue weighted by atomic mass is 10.1. The Labute approximate surface area is 176 Å². The van der Waals surface area contributed by atoms with Crippen LogP contribution >= 0.6 is 0 Å². The summed E-state index contributed by atoms with van der Waals surface area (Å²) in [5.41, 5.74) is 0.606. The summed E-state index contributed by atoms with van der Waals surface area (Å²) >= 11 is 0. The van der Waals surface area contributed by atoms with Gasteiger partial charge in [-0.2, -0.15) is 0 Å². The maximum Gasteiger partial charge on any atom is 0.410 e.